The molecule has 6 heteroatoms. The van der Waals surface area contributed by atoms with Crippen molar-refractivity contribution < 1.29 is 12.8 Å². The Hall–Kier alpha value is -0.980. The maximum absolute atomic E-state index is 13.4. The molecule has 0 bridgehead atoms. The molecular weight excluding hydrogens is 243 g/mol. The van der Waals surface area contributed by atoms with Gasteiger partial charge in [0.25, 0.3) is 0 Å². The number of hydrogen-bond acceptors (Lipinski definition) is 3. The van der Waals surface area contributed by atoms with Crippen LogP contribution in [0.15, 0.2) is 24.3 Å². The molecule has 96 valence electrons. The van der Waals surface area contributed by atoms with Gasteiger partial charge < -0.3 is 5.32 Å². The quantitative estimate of drug-likeness (QED) is 0.754. The number of rotatable bonds is 6. The maximum Gasteiger partial charge on any atom is 0.209 e. The van der Waals surface area contributed by atoms with Gasteiger partial charge in [0.15, 0.2) is 0 Å². The van der Waals surface area contributed by atoms with Gasteiger partial charge in [0.2, 0.25) is 10.0 Å². The molecule has 17 heavy (non-hydrogen) atoms. The van der Waals surface area contributed by atoms with Gasteiger partial charge in [-0.25, -0.2) is 17.9 Å². The second-order valence-corrected chi connectivity index (χ2v) is 5.65. The first-order valence-corrected chi connectivity index (χ1v) is 7.10. The van der Waals surface area contributed by atoms with Crippen molar-refractivity contribution in [3.8, 4) is 0 Å². The Morgan fingerprint density at radius 1 is 1.41 bits per heavy atom. The zero-order chi connectivity index (χ0) is 12.9. The fraction of sp³-hybridized carbons (Fsp3) is 0.455. The lowest BCUT2D eigenvalue weighted by Gasteiger charge is -2.14. The summed E-state index contributed by atoms with van der Waals surface area (Å²) in [6.07, 6.45) is 0.414. The Labute approximate surface area is 101 Å². The molecule has 4 nitrogen and oxygen atoms in total. The average Bonchev–Trinajstić information content (AvgIpc) is 2.23. The van der Waals surface area contributed by atoms with Crippen LogP contribution in [-0.4, -0.2) is 20.7 Å². The molecular formula is C11H17FN2O2S. The molecule has 1 rings (SSSR count). The summed E-state index contributed by atoms with van der Waals surface area (Å²) in [5.74, 6) is -0.330. The largest absolute Gasteiger partial charge is 0.310 e. The molecule has 0 radical (unpaired) electrons. The van der Waals surface area contributed by atoms with Crippen molar-refractivity contribution in [1.29, 1.82) is 0 Å². The van der Waals surface area contributed by atoms with Crippen LogP contribution in [0.1, 0.15) is 24.9 Å². The third kappa shape index (κ3) is 5.25. The Bertz CT molecular complexity index is 462. The van der Waals surface area contributed by atoms with Crippen molar-refractivity contribution in [2.75, 3.05) is 12.3 Å². The van der Waals surface area contributed by atoms with Crippen LogP contribution in [0.4, 0.5) is 4.39 Å². The molecule has 1 aromatic carbocycles. The summed E-state index contributed by atoms with van der Waals surface area (Å²) in [6.45, 7) is 2.31. The lowest BCUT2D eigenvalue weighted by molar-refractivity contribution is 0.525. The van der Waals surface area contributed by atoms with E-state index in [-0.39, 0.29) is 17.6 Å². The topological polar surface area (TPSA) is 72.2 Å². The van der Waals surface area contributed by atoms with E-state index >= 15 is 0 Å². The molecule has 1 unspecified atom stereocenters. The average molecular weight is 260 g/mol. The van der Waals surface area contributed by atoms with Crippen LogP contribution >= 0.6 is 0 Å². The molecule has 0 spiro atoms. The van der Waals surface area contributed by atoms with E-state index in [4.69, 9.17) is 5.14 Å². The minimum atomic E-state index is -3.41. The summed E-state index contributed by atoms with van der Waals surface area (Å²) >= 11 is 0. The van der Waals surface area contributed by atoms with E-state index in [9.17, 15) is 12.8 Å². The molecule has 0 amide bonds. The van der Waals surface area contributed by atoms with E-state index < -0.39 is 10.0 Å². The van der Waals surface area contributed by atoms with Gasteiger partial charge in [0.1, 0.15) is 5.82 Å². The SMILES string of the molecule is CC(NCCCS(N)(=O)=O)c1ccccc1F. The van der Waals surface area contributed by atoms with E-state index in [0.717, 1.165) is 0 Å². The minimum Gasteiger partial charge on any atom is -0.310 e. The minimum absolute atomic E-state index is 0.0655. The van der Waals surface area contributed by atoms with Crippen molar-refractivity contribution in [2.45, 2.75) is 19.4 Å². The molecule has 0 aliphatic rings. The van der Waals surface area contributed by atoms with E-state index in [1.54, 1.807) is 18.2 Å². The number of hydrogen-bond donors (Lipinski definition) is 2. The van der Waals surface area contributed by atoms with Gasteiger partial charge in [-0.15, -0.1) is 0 Å². The number of nitrogens with one attached hydrogen (secondary N) is 1. The fourth-order valence-corrected chi connectivity index (χ4v) is 2.07. The molecule has 3 N–H and O–H groups in total. The maximum atomic E-state index is 13.4. The second-order valence-electron chi connectivity index (χ2n) is 3.92. The first-order valence-electron chi connectivity index (χ1n) is 5.38. The van der Waals surface area contributed by atoms with E-state index in [1.165, 1.54) is 6.07 Å². The molecule has 0 saturated carbocycles. The van der Waals surface area contributed by atoms with Gasteiger partial charge in [-0.2, -0.15) is 0 Å². The molecule has 0 heterocycles. The number of primary sulfonamides is 1. The molecule has 1 atom stereocenters. The molecule has 1 aromatic rings. The van der Waals surface area contributed by atoms with Gasteiger partial charge in [-0.05, 0) is 26.0 Å². The van der Waals surface area contributed by atoms with E-state index in [1.807, 2.05) is 6.92 Å². The van der Waals surface area contributed by atoms with Crippen molar-refractivity contribution in [3.05, 3.63) is 35.6 Å². The molecule has 0 saturated heterocycles. The smallest absolute Gasteiger partial charge is 0.209 e. The van der Waals surface area contributed by atoms with Gasteiger partial charge in [-0.1, -0.05) is 18.2 Å². The normalized spacial score (nSPS) is 13.6. The number of nitrogens with two attached hydrogens (primary N) is 1. The molecule has 0 aromatic heterocycles. The van der Waals surface area contributed by atoms with Crippen LogP contribution in [0.3, 0.4) is 0 Å². The summed E-state index contributed by atoms with van der Waals surface area (Å²) in [6, 6.07) is 6.34. The first-order chi connectivity index (χ1) is 7.90. The van der Waals surface area contributed by atoms with Crippen LogP contribution in [0.5, 0.6) is 0 Å². The fourth-order valence-electron chi connectivity index (χ4n) is 1.53. The van der Waals surface area contributed by atoms with Gasteiger partial charge >= 0.3 is 0 Å². The summed E-state index contributed by atoms with van der Waals surface area (Å²) < 4.78 is 34.8. The van der Waals surface area contributed by atoms with Gasteiger partial charge in [-0.3, -0.25) is 0 Å². The highest BCUT2D eigenvalue weighted by Gasteiger charge is 2.09. The van der Waals surface area contributed by atoms with E-state index in [2.05, 4.69) is 5.32 Å². The zero-order valence-electron chi connectivity index (χ0n) is 9.69. The van der Waals surface area contributed by atoms with E-state index in [0.29, 0.717) is 18.5 Å². The Morgan fingerprint density at radius 3 is 2.65 bits per heavy atom. The van der Waals surface area contributed by atoms with Crippen LogP contribution < -0.4 is 10.5 Å². The monoisotopic (exact) mass is 260 g/mol. The Balaban J connectivity index is 2.41. The highest BCUT2D eigenvalue weighted by atomic mass is 32.2. The third-order valence-electron chi connectivity index (χ3n) is 2.43. The predicted octanol–water partition coefficient (Wildman–Crippen LogP) is 1.15. The first kappa shape index (κ1) is 14.1. The predicted molar refractivity (Wildman–Crippen MR) is 65.4 cm³/mol. The van der Waals surface area contributed by atoms with Crippen LogP contribution in [0, 0.1) is 5.82 Å². The Kier molecular flexibility index (Phi) is 5.04. The lowest BCUT2D eigenvalue weighted by atomic mass is 10.1. The zero-order valence-corrected chi connectivity index (χ0v) is 10.5. The number of benzene rings is 1. The van der Waals surface area contributed by atoms with Gasteiger partial charge in [0.05, 0.1) is 5.75 Å². The summed E-state index contributed by atoms with van der Waals surface area (Å²) in [4.78, 5) is 0. The molecule has 0 aliphatic heterocycles. The summed E-state index contributed by atoms with van der Waals surface area (Å²) in [5.41, 5.74) is 0.572. The molecule has 0 aliphatic carbocycles. The number of sulfonamides is 1. The highest BCUT2D eigenvalue weighted by Crippen LogP contribution is 2.15. The number of halogens is 1. The summed E-state index contributed by atoms with van der Waals surface area (Å²) in [5, 5.41) is 7.92. The Morgan fingerprint density at radius 2 is 2.06 bits per heavy atom. The second kappa shape index (κ2) is 6.09. The van der Waals surface area contributed by atoms with Crippen LogP contribution in [0.25, 0.3) is 0 Å². The summed E-state index contributed by atoms with van der Waals surface area (Å²) in [7, 11) is -3.41. The van der Waals surface area contributed by atoms with Crippen molar-refractivity contribution in [2.24, 2.45) is 5.14 Å². The van der Waals surface area contributed by atoms with Crippen molar-refractivity contribution in [1.82, 2.24) is 5.32 Å². The third-order valence-corrected chi connectivity index (χ3v) is 3.29. The van der Waals surface area contributed by atoms with Gasteiger partial charge in [0, 0.05) is 11.6 Å². The highest BCUT2D eigenvalue weighted by molar-refractivity contribution is 7.89. The van der Waals surface area contributed by atoms with Crippen molar-refractivity contribution >= 4 is 10.0 Å². The lowest BCUT2D eigenvalue weighted by Crippen LogP contribution is -2.24. The molecule has 0 fully saturated rings. The van der Waals surface area contributed by atoms with Crippen LogP contribution in [0.2, 0.25) is 0 Å². The van der Waals surface area contributed by atoms with Crippen LogP contribution in [-0.2, 0) is 10.0 Å². The van der Waals surface area contributed by atoms with Crippen molar-refractivity contribution in [3.63, 3.8) is 0 Å². The standard InChI is InChI=1S/C11H17FN2O2S/c1-9(10-5-2-3-6-11(10)12)14-7-4-8-17(13,15)16/h2-3,5-6,9,14H,4,7-8H2,1H3,(H2,13,15,16).